The molecule has 6 heteroatoms. The zero-order valence-electron chi connectivity index (χ0n) is 11.5. The molecule has 108 valence electrons. The molecular formula is C14H18N2O4. The van der Waals surface area contributed by atoms with E-state index in [2.05, 4.69) is 4.98 Å². The van der Waals surface area contributed by atoms with E-state index in [1.165, 1.54) is 19.2 Å². The van der Waals surface area contributed by atoms with Gasteiger partial charge in [-0.2, -0.15) is 0 Å². The number of aliphatic carboxylic acids is 1. The lowest BCUT2D eigenvalue weighted by atomic mass is 10.1. The summed E-state index contributed by atoms with van der Waals surface area (Å²) < 4.78 is 0. The Bertz CT molecular complexity index is 545. The molecule has 0 aliphatic heterocycles. The van der Waals surface area contributed by atoms with E-state index >= 15 is 0 Å². The molecule has 0 aromatic carbocycles. The van der Waals surface area contributed by atoms with Crippen LogP contribution in [0.5, 0.6) is 0 Å². The van der Waals surface area contributed by atoms with E-state index in [1.54, 1.807) is 11.8 Å². The van der Waals surface area contributed by atoms with Gasteiger partial charge >= 0.3 is 5.97 Å². The molecule has 1 saturated carbocycles. The third-order valence-electron chi connectivity index (χ3n) is 3.46. The van der Waals surface area contributed by atoms with Crippen LogP contribution in [0, 0.1) is 5.92 Å². The van der Waals surface area contributed by atoms with Crippen molar-refractivity contribution in [3.63, 3.8) is 0 Å². The standard InChI is InChI=1S/C14H18N2O4/c1-8(14(19)20)7-16(11-3-4-11)13(18)12-5-10(6-15-12)9(2)17/h5-6,8,11,15H,3-4,7H2,1-2H3,(H,19,20). The quantitative estimate of drug-likeness (QED) is 0.772. The maximum Gasteiger partial charge on any atom is 0.308 e. The minimum absolute atomic E-state index is 0.114. The molecule has 1 amide bonds. The molecule has 2 rings (SSSR count). The largest absolute Gasteiger partial charge is 0.481 e. The van der Waals surface area contributed by atoms with Gasteiger partial charge in [-0.1, -0.05) is 6.92 Å². The van der Waals surface area contributed by atoms with Crippen LogP contribution in [0.1, 0.15) is 47.5 Å². The molecule has 0 saturated heterocycles. The average molecular weight is 278 g/mol. The first kappa shape index (κ1) is 14.3. The molecular weight excluding hydrogens is 260 g/mol. The van der Waals surface area contributed by atoms with Crippen LogP contribution in [0.15, 0.2) is 12.3 Å². The van der Waals surface area contributed by atoms with Gasteiger partial charge in [0.2, 0.25) is 0 Å². The number of ketones is 1. The van der Waals surface area contributed by atoms with Gasteiger partial charge in [-0.25, -0.2) is 0 Å². The molecule has 1 heterocycles. The molecule has 1 aromatic rings. The Labute approximate surface area is 116 Å². The fourth-order valence-corrected chi connectivity index (χ4v) is 2.03. The van der Waals surface area contributed by atoms with E-state index in [0.29, 0.717) is 11.3 Å². The summed E-state index contributed by atoms with van der Waals surface area (Å²) in [6, 6.07) is 1.64. The van der Waals surface area contributed by atoms with Crippen molar-refractivity contribution in [3.05, 3.63) is 23.5 Å². The summed E-state index contributed by atoms with van der Waals surface area (Å²) in [6.45, 7) is 3.20. The highest BCUT2D eigenvalue weighted by atomic mass is 16.4. The van der Waals surface area contributed by atoms with E-state index in [4.69, 9.17) is 5.11 Å². The van der Waals surface area contributed by atoms with E-state index in [1.807, 2.05) is 0 Å². The summed E-state index contributed by atoms with van der Waals surface area (Å²) in [5, 5.41) is 8.97. The van der Waals surface area contributed by atoms with Crippen LogP contribution >= 0.6 is 0 Å². The average Bonchev–Trinajstić information content (AvgIpc) is 3.10. The smallest absolute Gasteiger partial charge is 0.308 e. The number of amides is 1. The van der Waals surface area contributed by atoms with Gasteiger partial charge in [-0.15, -0.1) is 0 Å². The molecule has 1 aromatic heterocycles. The predicted octanol–water partition coefficient (Wildman–Crippen LogP) is 1.54. The highest BCUT2D eigenvalue weighted by Crippen LogP contribution is 2.29. The number of nitrogens with zero attached hydrogens (tertiary/aromatic N) is 1. The number of hydrogen-bond donors (Lipinski definition) is 2. The van der Waals surface area contributed by atoms with Gasteiger partial charge in [-0.3, -0.25) is 14.4 Å². The predicted molar refractivity (Wildman–Crippen MR) is 71.7 cm³/mol. The van der Waals surface area contributed by atoms with Gasteiger partial charge in [0.1, 0.15) is 5.69 Å². The van der Waals surface area contributed by atoms with Crippen molar-refractivity contribution in [1.29, 1.82) is 0 Å². The van der Waals surface area contributed by atoms with Crippen LogP contribution < -0.4 is 0 Å². The number of carboxylic acid groups (broad SMARTS) is 1. The molecule has 1 atom stereocenters. The third-order valence-corrected chi connectivity index (χ3v) is 3.46. The van der Waals surface area contributed by atoms with Crippen molar-refractivity contribution < 1.29 is 19.5 Å². The SMILES string of the molecule is CC(=O)c1c[nH]c(C(=O)N(CC(C)C(=O)O)C2CC2)c1. The zero-order valence-corrected chi connectivity index (χ0v) is 11.5. The third kappa shape index (κ3) is 3.07. The Morgan fingerprint density at radius 2 is 2.10 bits per heavy atom. The van der Waals surface area contributed by atoms with Crippen LogP contribution in [-0.4, -0.2) is 45.2 Å². The Kier molecular flexibility index (Phi) is 3.92. The molecule has 20 heavy (non-hydrogen) atoms. The number of carboxylic acids is 1. The van der Waals surface area contributed by atoms with Crippen molar-refractivity contribution in [2.24, 2.45) is 5.92 Å². The molecule has 2 N–H and O–H groups in total. The van der Waals surface area contributed by atoms with Gasteiger partial charge in [0, 0.05) is 24.3 Å². The molecule has 0 bridgehead atoms. The lowest BCUT2D eigenvalue weighted by Gasteiger charge is -2.23. The van der Waals surface area contributed by atoms with Crippen LogP contribution in [0.2, 0.25) is 0 Å². The lowest BCUT2D eigenvalue weighted by Crippen LogP contribution is -2.38. The maximum atomic E-state index is 12.4. The second-order valence-corrected chi connectivity index (χ2v) is 5.29. The Hall–Kier alpha value is -2.11. The molecule has 1 fully saturated rings. The van der Waals surface area contributed by atoms with Gasteiger partial charge < -0.3 is 15.0 Å². The lowest BCUT2D eigenvalue weighted by molar-refractivity contribution is -0.141. The second kappa shape index (κ2) is 5.48. The summed E-state index contributed by atoms with van der Waals surface area (Å²) >= 11 is 0. The number of H-pyrrole nitrogens is 1. The topological polar surface area (TPSA) is 90.5 Å². The number of carbonyl (C=O) groups is 3. The van der Waals surface area contributed by atoms with E-state index in [-0.39, 0.29) is 24.3 Å². The number of nitrogens with one attached hydrogen (secondary N) is 1. The monoisotopic (exact) mass is 278 g/mol. The van der Waals surface area contributed by atoms with E-state index < -0.39 is 11.9 Å². The maximum absolute atomic E-state index is 12.4. The number of carbonyl (C=O) groups excluding carboxylic acids is 2. The number of rotatable bonds is 6. The summed E-state index contributed by atoms with van der Waals surface area (Å²) in [7, 11) is 0. The van der Waals surface area contributed by atoms with Crippen LogP contribution in [0.25, 0.3) is 0 Å². The Morgan fingerprint density at radius 3 is 2.55 bits per heavy atom. The van der Waals surface area contributed by atoms with Crippen LogP contribution in [0.4, 0.5) is 0 Å². The van der Waals surface area contributed by atoms with Gasteiger partial charge in [-0.05, 0) is 25.8 Å². The first-order chi connectivity index (χ1) is 9.40. The van der Waals surface area contributed by atoms with Crippen molar-refractivity contribution in [2.75, 3.05) is 6.54 Å². The number of Topliss-reactive ketones (excluding diaryl/α,β-unsaturated/α-hetero) is 1. The first-order valence-corrected chi connectivity index (χ1v) is 6.63. The highest BCUT2D eigenvalue weighted by molar-refractivity contribution is 5.99. The summed E-state index contributed by atoms with van der Waals surface area (Å²) in [6.07, 6.45) is 3.30. The van der Waals surface area contributed by atoms with Crippen molar-refractivity contribution in [3.8, 4) is 0 Å². The molecule has 1 unspecified atom stereocenters. The number of aromatic amines is 1. The summed E-state index contributed by atoms with van der Waals surface area (Å²) in [4.78, 5) is 39.0. The van der Waals surface area contributed by atoms with E-state index in [9.17, 15) is 14.4 Å². The fraction of sp³-hybridized carbons (Fsp3) is 0.500. The second-order valence-electron chi connectivity index (χ2n) is 5.29. The molecule has 1 aliphatic carbocycles. The van der Waals surface area contributed by atoms with Gasteiger partial charge in [0.05, 0.1) is 5.92 Å². The Morgan fingerprint density at radius 1 is 1.45 bits per heavy atom. The summed E-state index contributed by atoms with van der Waals surface area (Å²) in [5.74, 6) is -1.88. The molecule has 6 nitrogen and oxygen atoms in total. The number of aromatic nitrogens is 1. The molecule has 0 spiro atoms. The number of hydrogen-bond acceptors (Lipinski definition) is 3. The van der Waals surface area contributed by atoms with Crippen LogP contribution in [0.3, 0.4) is 0 Å². The Balaban J connectivity index is 2.14. The van der Waals surface area contributed by atoms with Crippen LogP contribution in [-0.2, 0) is 4.79 Å². The van der Waals surface area contributed by atoms with Crippen molar-refractivity contribution in [1.82, 2.24) is 9.88 Å². The molecule has 1 aliphatic rings. The molecule has 0 radical (unpaired) electrons. The first-order valence-electron chi connectivity index (χ1n) is 6.63. The minimum atomic E-state index is -0.917. The zero-order chi connectivity index (χ0) is 14.9. The van der Waals surface area contributed by atoms with Gasteiger partial charge in [0.25, 0.3) is 5.91 Å². The summed E-state index contributed by atoms with van der Waals surface area (Å²) in [5.41, 5.74) is 0.787. The fourth-order valence-electron chi connectivity index (χ4n) is 2.03. The van der Waals surface area contributed by atoms with Gasteiger partial charge in [0.15, 0.2) is 5.78 Å². The van der Waals surface area contributed by atoms with E-state index in [0.717, 1.165) is 12.8 Å². The van der Waals surface area contributed by atoms with Crippen molar-refractivity contribution >= 4 is 17.7 Å². The van der Waals surface area contributed by atoms with Crippen molar-refractivity contribution in [2.45, 2.75) is 32.7 Å². The normalized spacial score (nSPS) is 15.7. The highest BCUT2D eigenvalue weighted by Gasteiger charge is 2.35. The minimum Gasteiger partial charge on any atom is -0.481 e.